The zero-order valence-corrected chi connectivity index (χ0v) is 12.0. The Labute approximate surface area is 124 Å². The van der Waals surface area contributed by atoms with Crippen LogP contribution in [0, 0.1) is 5.82 Å². The first-order valence-electron chi connectivity index (χ1n) is 6.94. The van der Waals surface area contributed by atoms with E-state index in [9.17, 15) is 4.39 Å². The number of rotatable bonds is 8. The molecule has 0 aromatic heterocycles. The molecule has 2 aromatic carbocycles. The molecule has 0 N–H and O–H groups in total. The Balaban J connectivity index is 1.60. The van der Waals surface area contributed by atoms with Crippen LogP contribution in [0.15, 0.2) is 48.5 Å². The van der Waals surface area contributed by atoms with Gasteiger partial charge in [0, 0.05) is 0 Å². The predicted octanol–water partition coefficient (Wildman–Crippen LogP) is 4.07. The van der Waals surface area contributed by atoms with Crippen molar-refractivity contribution in [1.82, 2.24) is 0 Å². The van der Waals surface area contributed by atoms with Crippen LogP contribution >= 0.6 is 0 Å². The van der Waals surface area contributed by atoms with Gasteiger partial charge in [-0.1, -0.05) is 12.1 Å². The number of hydrogen-bond acceptors (Lipinski definition) is 3. The summed E-state index contributed by atoms with van der Waals surface area (Å²) in [6.07, 6.45) is 1.66. The highest BCUT2D eigenvalue weighted by Crippen LogP contribution is 2.18. The fourth-order valence-electron chi connectivity index (χ4n) is 1.81. The lowest BCUT2D eigenvalue weighted by molar-refractivity contribution is 0.260. The van der Waals surface area contributed by atoms with Gasteiger partial charge in [0.05, 0.1) is 20.3 Å². The molecule has 2 rings (SSSR count). The van der Waals surface area contributed by atoms with Gasteiger partial charge in [-0.2, -0.15) is 0 Å². The highest BCUT2D eigenvalue weighted by atomic mass is 19.1. The van der Waals surface area contributed by atoms with Gasteiger partial charge in [0.25, 0.3) is 0 Å². The van der Waals surface area contributed by atoms with Gasteiger partial charge in [0.1, 0.15) is 11.5 Å². The first kappa shape index (κ1) is 15.2. The fraction of sp³-hybridized carbons (Fsp3) is 0.294. The topological polar surface area (TPSA) is 27.7 Å². The zero-order chi connectivity index (χ0) is 14.9. The van der Waals surface area contributed by atoms with Crippen molar-refractivity contribution in [1.29, 1.82) is 0 Å². The first-order valence-corrected chi connectivity index (χ1v) is 6.94. The van der Waals surface area contributed by atoms with Gasteiger partial charge in [0.2, 0.25) is 0 Å². The molecule has 0 aliphatic carbocycles. The van der Waals surface area contributed by atoms with Crippen LogP contribution in [0.4, 0.5) is 4.39 Å². The van der Waals surface area contributed by atoms with Crippen molar-refractivity contribution in [2.24, 2.45) is 0 Å². The van der Waals surface area contributed by atoms with E-state index in [4.69, 9.17) is 14.2 Å². The maximum Gasteiger partial charge on any atom is 0.165 e. The van der Waals surface area contributed by atoms with Gasteiger partial charge in [-0.05, 0) is 49.2 Å². The molecule has 0 amide bonds. The molecule has 0 fully saturated rings. The van der Waals surface area contributed by atoms with Gasteiger partial charge in [-0.25, -0.2) is 4.39 Å². The van der Waals surface area contributed by atoms with Gasteiger partial charge < -0.3 is 14.2 Å². The predicted molar refractivity (Wildman–Crippen MR) is 79.6 cm³/mol. The zero-order valence-electron chi connectivity index (χ0n) is 12.0. The lowest BCUT2D eigenvalue weighted by atomic mass is 10.3. The van der Waals surface area contributed by atoms with Crippen LogP contribution in [0.3, 0.4) is 0 Å². The Hall–Kier alpha value is -2.23. The van der Waals surface area contributed by atoms with E-state index in [1.165, 1.54) is 6.07 Å². The van der Waals surface area contributed by atoms with E-state index in [1.807, 2.05) is 24.3 Å². The molecule has 0 saturated carbocycles. The normalized spacial score (nSPS) is 10.2. The first-order chi connectivity index (χ1) is 10.3. The third-order valence-electron chi connectivity index (χ3n) is 2.96. The smallest absolute Gasteiger partial charge is 0.165 e. The van der Waals surface area contributed by atoms with Crippen molar-refractivity contribution in [2.45, 2.75) is 12.8 Å². The second kappa shape index (κ2) is 8.15. The molecule has 0 radical (unpaired) electrons. The summed E-state index contributed by atoms with van der Waals surface area (Å²) in [4.78, 5) is 0. The van der Waals surface area contributed by atoms with Crippen LogP contribution in [-0.4, -0.2) is 20.3 Å². The quantitative estimate of drug-likeness (QED) is 0.686. The molecule has 112 valence electrons. The Morgan fingerprint density at radius 2 is 1.43 bits per heavy atom. The number of unbranched alkanes of at least 4 members (excludes halogenated alkanes) is 1. The third kappa shape index (κ3) is 4.99. The van der Waals surface area contributed by atoms with Crippen molar-refractivity contribution in [3.63, 3.8) is 0 Å². The summed E-state index contributed by atoms with van der Waals surface area (Å²) in [5.41, 5.74) is 0. The molecule has 2 aromatic rings. The summed E-state index contributed by atoms with van der Waals surface area (Å²) < 4.78 is 29.3. The molecule has 0 aliphatic rings. The number of para-hydroxylation sites is 1. The molecule has 3 nitrogen and oxygen atoms in total. The summed E-state index contributed by atoms with van der Waals surface area (Å²) in [6.45, 7) is 1.08. The largest absolute Gasteiger partial charge is 0.497 e. The molecule has 0 spiro atoms. The van der Waals surface area contributed by atoms with Crippen LogP contribution < -0.4 is 14.2 Å². The van der Waals surface area contributed by atoms with E-state index in [0.29, 0.717) is 19.0 Å². The summed E-state index contributed by atoms with van der Waals surface area (Å²) >= 11 is 0. The van der Waals surface area contributed by atoms with Crippen LogP contribution in [-0.2, 0) is 0 Å². The number of methoxy groups -OCH3 is 1. The maximum absolute atomic E-state index is 13.3. The van der Waals surface area contributed by atoms with Crippen LogP contribution in [0.25, 0.3) is 0 Å². The van der Waals surface area contributed by atoms with Crippen molar-refractivity contribution >= 4 is 0 Å². The van der Waals surface area contributed by atoms with E-state index in [-0.39, 0.29) is 5.82 Å². The molecular formula is C17H19FO3. The minimum atomic E-state index is -0.327. The van der Waals surface area contributed by atoms with Gasteiger partial charge in [-0.15, -0.1) is 0 Å². The molecular weight excluding hydrogens is 271 g/mol. The fourth-order valence-corrected chi connectivity index (χ4v) is 1.81. The van der Waals surface area contributed by atoms with E-state index >= 15 is 0 Å². The standard InChI is InChI=1S/C17H19FO3/c1-19-14-8-10-15(11-9-14)20-12-4-5-13-21-17-7-3-2-6-16(17)18/h2-3,6-11H,4-5,12-13H2,1H3. The number of hydrogen-bond donors (Lipinski definition) is 0. The summed E-state index contributed by atoms with van der Waals surface area (Å²) in [5, 5.41) is 0. The molecule has 0 saturated heterocycles. The van der Waals surface area contributed by atoms with E-state index in [1.54, 1.807) is 25.3 Å². The highest BCUT2D eigenvalue weighted by Gasteiger charge is 2.01. The van der Waals surface area contributed by atoms with Crippen molar-refractivity contribution in [3.8, 4) is 17.2 Å². The van der Waals surface area contributed by atoms with Crippen LogP contribution in [0.5, 0.6) is 17.2 Å². The Bertz CT molecular complexity index is 540. The second-order valence-corrected chi connectivity index (χ2v) is 4.51. The van der Waals surface area contributed by atoms with Crippen molar-refractivity contribution in [2.75, 3.05) is 20.3 Å². The monoisotopic (exact) mass is 290 g/mol. The molecule has 0 unspecified atom stereocenters. The summed E-state index contributed by atoms with van der Waals surface area (Å²) in [6, 6.07) is 13.9. The number of ether oxygens (including phenoxy) is 3. The number of halogens is 1. The molecule has 21 heavy (non-hydrogen) atoms. The molecule has 0 aliphatic heterocycles. The van der Waals surface area contributed by atoms with Gasteiger partial charge in [0.15, 0.2) is 11.6 Å². The van der Waals surface area contributed by atoms with Crippen LogP contribution in [0.2, 0.25) is 0 Å². The highest BCUT2D eigenvalue weighted by molar-refractivity contribution is 5.31. The van der Waals surface area contributed by atoms with E-state index < -0.39 is 0 Å². The molecule has 4 heteroatoms. The Kier molecular flexibility index (Phi) is 5.88. The van der Waals surface area contributed by atoms with Crippen molar-refractivity contribution in [3.05, 3.63) is 54.3 Å². The Morgan fingerprint density at radius 3 is 2.10 bits per heavy atom. The average molecular weight is 290 g/mol. The number of benzene rings is 2. The second-order valence-electron chi connectivity index (χ2n) is 4.51. The lowest BCUT2D eigenvalue weighted by Crippen LogP contribution is -2.03. The summed E-state index contributed by atoms with van der Waals surface area (Å²) in [5.74, 6) is 1.59. The van der Waals surface area contributed by atoms with E-state index in [2.05, 4.69) is 0 Å². The van der Waals surface area contributed by atoms with E-state index in [0.717, 1.165) is 24.3 Å². The maximum atomic E-state index is 13.3. The average Bonchev–Trinajstić information content (AvgIpc) is 2.53. The lowest BCUT2D eigenvalue weighted by Gasteiger charge is -2.08. The Morgan fingerprint density at radius 1 is 0.810 bits per heavy atom. The van der Waals surface area contributed by atoms with Gasteiger partial charge in [-0.3, -0.25) is 0 Å². The molecule has 0 bridgehead atoms. The van der Waals surface area contributed by atoms with Crippen LogP contribution in [0.1, 0.15) is 12.8 Å². The minimum absolute atomic E-state index is 0.300. The SMILES string of the molecule is COc1ccc(OCCCCOc2ccccc2F)cc1. The minimum Gasteiger partial charge on any atom is -0.497 e. The molecule has 0 atom stereocenters. The van der Waals surface area contributed by atoms with Gasteiger partial charge >= 0.3 is 0 Å². The van der Waals surface area contributed by atoms with Crippen molar-refractivity contribution < 1.29 is 18.6 Å². The third-order valence-corrected chi connectivity index (χ3v) is 2.96. The summed E-state index contributed by atoms with van der Waals surface area (Å²) in [7, 11) is 1.63. The molecule has 0 heterocycles.